The Balaban J connectivity index is 0.000000261. The molecule has 662 valence electrons. The zero-order valence-corrected chi connectivity index (χ0v) is 72.7. The van der Waals surface area contributed by atoms with Crippen molar-refractivity contribution in [3.63, 3.8) is 0 Å². The third-order valence-electron chi connectivity index (χ3n) is 18.4. The van der Waals surface area contributed by atoms with Crippen molar-refractivity contribution >= 4 is 110 Å². The number of carboxylic acids is 4. The number of amides is 3. The first-order chi connectivity index (χ1) is 58.8. The Kier molecular flexibility index (Phi) is 39.9. The van der Waals surface area contributed by atoms with Crippen LogP contribution in [0.2, 0.25) is 0 Å². The largest absolute Gasteiger partial charge is 0.481 e. The summed E-state index contributed by atoms with van der Waals surface area (Å²) in [5.41, 5.74) is 9.04. The molecule has 6 heterocycles. The van der Waals surface area contributed by atoms with Gasteiger partial charge in [-0.3, -0.25) is 52.9 Å². The number of hydrogen-bond donors (Lipinski definition) is 14. The van der Waals surface area contributed by atoms with Crippen LogP contribution in [0.15, 0.2) is 141 Å². The number of anilines is 4. The van der Waals surface area contributed by atoms with E-state index in [4.69, 9.17) is 10.2 Å². The minimum Gasteiger partial charge on any atom is -0.481 e. The number of aliphatic carboxylic acids is 4. The van der Waals surface area contributed by atoms with Gasteiger partial charge >= 0.3 is 23.9 Å². The number of rotatable bonds is 42. The molecule has 3 atom stereocenters. The third-order valence-corrected chi connectivity index (χ3v) is 18.4. The number of Topliss-reactive ketones (excluding diaryl/α,β-unsaturated/α-hetero) is 2. The molecule has 3 amide bonds. The number of carboxylic acid groups (broad SMARTS) is 4. The van der Waals surface area contributed by atoms with Crippen molar-refractivity contribution in [1.82, 2.24) is 75.8 Å². The third kappa shape index (κ3) is 35.6. The molecule has 0 aliphatic rings. The Labute approximate surface area is 718 Å². The molecule has 0 spiro atoms. The molecular formula is C89H115N19O16. The van der Waals surface area contributed by atoms with Crippen LogP contribution < -0.4 is 53.9 Å². The van der Waals surface area contributed by atoms with Crippen molar-refractivity contribution in [2.24, 2.45) is 17.8 Å². The van der Waals surface area contributed by atoms with Gasteiger partial charge in [-0.25, -0.2) is 49.5 Å². The summed E-state index contributed by atoms with van der Waals surface area (Å²) in [6, 6.07) is 16.1. The van der Waals surface area contributed by atoms with Gasteiger partial charge in [-0.15, -0.1) is 0 Å². The number of nitrogens with one attached hydrogen (secondary N) is 10. The summed E-state index contributed by atoms with van der Waals surface area (Å²) >= 11 is 0. The van der Waals surface area contributed by atoms with E-state index in [-0.39, 0.29) is 143 Å². The molecule has 9 aromatic rings. The summed E-state index contributed by atoms with van der Waals surface area (Å²) < 4.78 is 0. The maximum atomic E-state index is 12.7. The van der Waals surface area contributed by atoms with E-state index < -0.39 is 65.3 Å². The Morgan fingerprint density at radius 2 is 0.758 bits per heavy atom. The molecule has 0 unspecified atom stereocenters. The first-order valence-electron chi connectivity index (χ1n) is 41.1. The molecule has 6 aromatic heterocycles. The number of aromatic amines is 3. The van der Waals surface area contributed by atoms with Crippen LogP contribution in [0.1, 0.15) is 233 Å². The normalized spacial score (nSPS) is 12.0. The lowest BCUT2D eigenvalue weighted by atomic mass is 9.98. The van der Waals surface area contributed by atoms with E-state index >= 15 is 0 Å². The second-order valence-corrected chi connectivity index (χ2v) is 31.7. The van der Waals surface area contributed by atoms with Gasteiger partial charge in [0, 0.05) is 71.9 Å². The Morgan fingerprint density at radius 3 is 1.12 bits per heavy atom. The number of fused-ring (bicyclic) bond motifs is 3. The van der Waals surface area contributed by atoms with Crippen LogP contribution in [0.4, 0.5) is 23.0 Å². The maximum absolute atomic E-state index is 12.7. The lowest BCUT2D eigenvalue weighted by Crippen LogP contribution is -2.41. The second kappa shape index (κ2) is 49.9. The van der Waals surface area contributed by atoms with Crippen LogP contribution in [0.5, 0.6) is 0 Å². The minimum absolute atomic E-state index is 0.0250. The smallest absolute Gasteiger partial charge is 0.326 e. The Bertz CT molecular complexity index is 5450. The summed E-state index contributed by atoms with van der Waals surface area (Å²) in [4.78, 5) is 189. The van der Waals surface area contributed by atoms with E-state index in [9.17, 15) is 67.7 Å². The highest BCUT2D eigenvalue weighted by Gasteiger charge is 2.26. The van der Waals surface area contributed by atoms with E-state index in [1.54, 1.807) is 80.1 Å². The first kappa shape index (κ1) is 99.2. The van der Waals surface area contributed by atoms with Crippen LogP contribution in [-0.2, 0) is 48.4 Å². The average molecular weight is 1710 g/mol. The molecule has 0 saturated heterocycles. The SMILES string of the molecule is CC(C)=CCC/C(C)=C/CC/C(C)=C/CCC(C)C.CC(C)Nc1nc2ncc(CNc3ccc(C(=O)N[C@@H](CCC(=O)O)C(=O)O)cc3)nc2c(=O)[nH]1.Cc1nc2ncc(CNc3ccc(C(=O)N[C@@H](CCC(=O)CC(C)C)C(=O)O)cc3)nc2c(=O)[nH]1.Cc1nc2ncc(CNc3ccc(C(=O)N[C@@H](CCC(=O)O)C(=O)CC(C)C)cc3)nc2c(=O)[nH]1. The van der Waals surface area contributed by atoms with E-state index in [1.807, 2.05) is 41.5 Å². The molecule has 35 heteroatoms. The zero-order valence-electron chi connectivity index (χ0n) is 72.7. The summed E-state index contributed by atoms with van der Waals surface area (Å²) in [5, 5.41) is 56.1. The number of benzene rings is 3. The molecule has 0 saturated carbocycles. The molecule has 0 bridgehead atoms. The molecule has 0 aliphatic heterocycles. The van der Waals surface area contributed by atoms with E-state index in [0.717, 1.165) is 5.92 Å². The Morgan fingerprint density at radius 1 is 0.403 bits per heavy atom. The van der Waals surface area contributed by atoms with Gasteiger partial charge < -0.3 is 67.6 Å². The topological polar surface area (TPSA) is 533 Å². The number of carbonyl (C=O) groups is 9. The van der Waals surface area contributed by atoms with Gasteiger partial charge in [0.1, 0.15) is 29.5 Å². The van der Waals surface area contributed by atoms with Crippen LogP contribution in [0.3, 0.4) is 0 Å². The molecule has 35 nitrogen and oxygen atoms in total. The van der Waals surface area contributed by atoms with Gasteiger partial charge in [0.2, 0.25) is 5.95 Å². The van der Waals surface area contributed by atoms with Gasteiger partial charge in [0.25, 0.3) is 34.4 Å². The number of carbonyl (C=O) groups excluding carboxylic acids is 5. The van der Waals surface area contributed by atoms with Crippen LogP contribution in [-0.4, -0.2) is 158 Å². The summed E-state index contributed by atoms with van der Waals surface area (Å²) in [5.74, 6) is -4.14. The summed E-state index contributed by atoms with van der Waals surface area (Å²) in [6.45, 7) is 29.1. The highest BCUT2D eigenvalue weighted by molar-refractivity contribution is 5.99. The summed E-state index contributed by atoms with van der Waals surface area (Å²) in [7, 11) is 0. The van der Waals surface area contributed by atoms with Crippen molar-refractivity contribution in [2.75, 3.05) is 21.3 Å². The van der Waals surface area contributed by atoms with Crippen molar-refractivity contribution < 1.29 is 63.6 Å². The zero-order chi connectivity index (χ0) is 91.3. The molecule has 0 radical (unpaired) electrons. The number of ketones is 2. The van der Waals surface area contributed by atoms with Gasteiger partial charge in [-0.2, -0.15) is 4.98 Å². The van der Waals surface area contributed by atoms with Gasteiger partial charge in [0.15, 0.2) is 39.3 Å². The molecule has 3 aromatic carbocycles. The molecule has 14 N–H and O–H groups in total. The Hall–Kier alpha value is -13.6. The fourth-order valence-corrected chi connectivity index (χ4v) is 12.0. The summed E-state index contributed by atoms with van der Waals surface area (Å²) in [6.07, 6.45) is 19.1. The molecule has 0 fully saturated rings. The monoisotopic (exact) mass is 1710 g/mol. The number of hydrogen-bond acceptors (Lipinski definition) is 25. The van der Waals surface area contributed by atoms with Gasteiger partial charge in [-0.05, 0) is 204 Å². The average Bonchev–Trinajstić information content (AvgIpc) is 0.811. The lowest BCUT2D eigenvalue weighted by molar-refractivity contribution is -0.141. The van der Waals surface area contributed by atoms with E-state index in [0.29, 0.717) is 70.3 Å². The highest BCUT2D eigenvalue weighted by atomic mass is 16.4. The van der Waals surface area contributed by atoms with Crippen molar-refractivity contribution in [3.8, 4) is 0 Å². The standard InChI is InChI=1S/2C24H28N6O5.C22H25N7O6.C19H34/c1-13(2)10-19(31)18(8-9-20(32)33)30-23(34)15-4-6-16(7-5-15)25-11-17-12-26-22-21(29-17)24(35)28-14(3)27-22;1-13(2)10-18(31)8-9-19(24(34)35)30-22(32)15-4-6-16(7-5-15)25-11-17-12-26-21-20(29-17)23(33)28-14(3)27-21;1-11(2)25-22-28-18-17(20(33)29-22)26-14(10-24-18)9-23-13-5-3-12(4-6-13)19(32)27-15(21(34)35)7-8-16(30)31;1-16(2)10-7-12-18(5)14-9-15-19(6)13-8-11-17(3)4/h4-7,12-13,18,25H,8-11H2,1-3H3,(H,30,34)(H,32,33)(H,26,27,28,35);4-7,12-13,19,25H,8-11H2,1-3H3,(H,30,32)(H,34,35)(H,26,27,28,33);3-6,10-11,15,23H,7-9H2,1-2H3,(H,27,32)(H,30,31)(H,34,35)(H2,24,25,28,29,33);10,13-14,17H,7-9,11-12,15H2,1-6H3/b;;;18-14+,19-13+/t18-;19-;15-;/m000./s1. The minimum atomic E-state index is -1.31. The first-order valence-corrected chi connectivity index (χ1v) is 41.1. The van der Waals surface area contributed by atoms with Gasteiger partial charge in [0.05, 0.1) is 61.3 Å². The van der Waals surface area contributed by atoms with Gasteiger partial charge in [-0.1, -0.05) is 76.5 Å². The van der Waals surface area contributed by atoms with Crippen molar-refractivity contribution in [2.45, 2.75) is 231 Å². The second-order valence-electron chi connectivity index (χ2n) is 31.7. The highest BCUT2D eigenvalue weighted by Crippen LogP contribution is 2.20. The number of aromatic nitrogens is 12. The predicted molar refractivity (Wildman–Crippen MR) is 474 cm³/mol. The van der Waals surface area contributed by atoms with Crippen molar-refractivity contribution in [1.29, 1.82) is 0 Å². The maximum Gasteiger partial charge on any atom is 0.326 e. The lowest BCUT2D eigenvalue weighted by Gasteiger charge is -2.18. The molecule has 0 aliphatic carbocycles. The van der Waals surface area contributed by atoms with E-state index in [2.05, 4.69) is 157 Å². The number of nitrogens with zero attached hydrogens (tertiary/aromatic N) is 9. The van der Waals surface area contributed by atoms with Crippen molar-refractivity contribution in [3.05, 3.63) is 203 Å². The van der Waals surface area contributed by atoms with E-state index in [1.165, 1.54) is 80.4 Å². The predicted octanol–water partition coefficient (Wildman–Crippen LogP) is 12.5. The number of aryl methyl sites for hydroxylation is 2. The fourth-order valence-electron chi connectivity index (χ4n) is 12.0. The number of H-pyrrole nitrogens is 3. The molecular weight excluding hydrogens is 1590 g/mol. The van der Waals surface area contributed by atoms with Crippen LogP contribution >= 0.6 is 0 Å². The quantitative estimate of drug-likeness (QED) is 0.0158. The van der Waals surface area contributed by atoms with Crippen LogP contribution in [0.25, 0.3) is 33.5 Å². The molecule has 9 rings (SSSR count). The molecule has 124 heavy (non-hydrogen) atoms. The number of allylic oxidation sites excluding steroid dienone is 6. The fraction of sp³-hybridized carbons (Fsp3) is 0.427. The van der Waals surface area contributed by atoms with Crippen LogP contribution in [0, 0.1) is 31.6 Å².